The summed E-state index contributed by atoms with van der Waals surface area (Å²) >= 11 is 0. The fourth-order valence-electron chi connectivity index (χ4n) is 4.55. The number of guanidine groups is 1. The highest BCUT2D eigenvalue weighted by molar-refractivity contribution is 5.80. The molecule has 5 heteroatoms. The molecule has 2 aliphatic heterocycles. The molecular weight excluding hydrogens is 322 g/mol. The lowest BCUT2D eigenvalue weighted by Gasteiger charge is -2.24. The molecule has 2 saturated heterocycles. The second-order valence-corrected chi connectivity index (χ2v) is 8.16. The maximum atomic E-state index is 4.96. The zero-order valence-corrected chi connectivity index (χ0v) is 17.8. The van der Waals surface area contributed by atoms with Crippen LogP contribution in [0.2, 0.25) is 0 Å². The van der Waals surface area contributed by atoms with Crippen molar-refractivity contribution in [1.82, 2.24) is 20.0 Å². The van der Waals surface area contributed by atoms with Gasteiger partial charge in [-0.25, -0.2) is 0 Å². The van der Waals surface area contributed by atoms with Gasteiger partial charge in [0.15, 0.2) is 5.96 Å². The zero-order chi connectivity index (χ0) is 18.8. The second-order valence-electron chi connectivity index (χ2n) is 8.16. The van der Waals surface area contributed by atoms with Gasteiger partial charge in [-0.2, -0.15) is 0 Å². The van der Waals surface area contributed by atoms with Crippen molar-refractivity contribution in [3.8, 4) is 0 Å². The van der Waals surface area contributed by atoms with Crippen LogP contribution in [-0.2, 0) is 0 Å². The van der Waals surface area contributed by atoms with Gasteiger partial charge < -0.3 is 20.0 Å². The summed E-state index contributed by atoms with van der Waals surface area (Å²) in [7, 11) is 2.24. The van der Waals surface area contributed by atoms with E-state index < -0.39 is 0 Å². The van der Waals surface area contributed by atoms with Gasteiger partial charge in [0.2, 0.25) is 0 Å². The van der Waals surface area contributed by atoms with Gasteiger partial charge in [0, 0.05) is 39.3 Å². The number of hydrogen-bond acceptors (Lipinski definition) is 3. The van der Waals surface area contributed by atoms with Crippen LogP contribution in [0.1, 0.15) is 52.9 Å². The summed E-state index contributed by atoms with van der Waals surface area (Å²) in [5.74, 6) is 2.88. The zero-order valence-electron chi connectivity index (χ0n) is 17.8. The van der Waals surface area contributed by atoms with E-state index in [4.69, 9.17) is 4.99 Å². The first-order valence-corrected chi connectivity index (χ1v) is 11.1. The minimum absolute atomic E-state index is 0.850. The Kier molecular flexibility index (Phi) is 9.76. The molecule has 0 aromatic heterocycles. The maximum Gasteiger partial charge on any atom is 0.193 e. The quantitative estimate of drug-likeness (QED) is 0.407. The third-order valence-electron chi connectivity index (χ3n) is 6.28. The molecule has 0 saturated carbocycles. The van der Waals surface area contributed by atoms with Crippen molar-refractivity contribution in [2.24, 2.45) is 16.8 Å². The highest BCUT2D eigenvalue weighted by Crippen LogP contribution is 2.28. The van der Waals surface area contributed by atoms with Crippen LogP contribution in [0.3, 0.4) is 0 Å². The van der Waals surface area contributed by atoms with E-state index in [-0.39, 0.29) is 0 Å². The average molecular weight is 366 g/mol. The van der Waals surface area contributed by atoms with Gasteiger partial charge in [-0.1, -0.05) is 26.7 Å². The van der Waals surface area contributed by atoms with E-state index >= 15 is 0 Å². The Bertz CT molecular complexity index is 407. The fraction of sp³-hybridized carbons (Fsp3) is 0.952. The van der Waals surface area contributed by atoms with Crippen LogP contribution in [0.5, 0.6) is 0 Å². The number of likely N-dealkylation sites (tertiary alicyclic amines) is 1. The third kappa shape index (κ3) is 6.73. The molecule has 2 rings (SSSR count). The maximum absolute atomic E-state index is 4.96. The molecule has 2 aliphatic rings. The van der Waals surface area contributed by atoms with Crippen LogP contribution in [0, 0.1) is 11.8 Å². The molecule has 0 aliphatic carbocycles. The van der Waals surface area contributed by atoms with Crippen LogP contribution < -0.4 is 5.32 Å². The number of rotatable bonds is 8. The molecule has 0 amide bonds. The summed E-state index contributed by atoms with van der Waals surface area (Å²) in [5.41, 5.74) is 0. The predicted octanol–water partition coefficient (Wildman–Crippen LogP) is 2.74. The van der Waals surface area contributed by atoms with E-state index in [1.807, 2.05) is 0 Å². The van der Waals surface area contributed by atoms with Gasteiger partial charge in [-0.15, -0.1) is 0 Å². The average Bonchev–Trinajstić information content (AvgIpc) is 3.02. The molecular formula is C21H43N5. The molecule has 2 heterocycles. The van der Waals surface area contributed by atoms with Gasteiger partial charge in [0.1, 0.15) is 0 Å². The molecule has 0 aromatic carbocycles. The minimum Gasteiger partial charge on any atom is -0.357 e. The first kappa shape index (κ1) is 21.5. The van der Waals surface area contributed by atoms with Crippen molar-refractivity contribution in [2.45, 2.75) is 52.9 Å². The van der Waals surface area contributed by atoms with Gasteiger partial charge in [0.05, 0.1) is 0 Å². The summed E-state index contributed by atoms with van der Waals surface area (Å²) in [6, 6.07) is 0. The first-order chi connectivity index (χ1) is 12.7. The third-order valence-corrected chi connectivity index (χ3v) is 6.28. The van der Waals surface area contributed by atoms with E-state index in [1.165, 1.54) is 77.9 Å². The summed E-state index contributed by atoms with van der Waals surface area (Å²) in [6.07, 6.45) is 6.43. The Morgan fingerprint density at radius 1 is 1.08 bits per heavy atom. The van der Waals surface area contributed by atoms with Crippen molar-refractivity contribution in [2.75, 3.05) is 66.0 Å². The van der Waals surface area contributed by atoms with Crippen molar-refractivity contribution in [1.29, 1.82) is 0 Å². The van der Waals surface area contributed by atoms with Crippen LogP contribution in [0.4, 0.5) is 0 Å². The Hall–Kier alpha value is -0.810. The Morgan fingerprint density at radius 2 is 1.88 bits per heavy atom. The highest BCUT2D eigenvalue weighted by atomic mass is 15.3. The van der Waals surface area contributed by atoms with Gasteiger partial charge >= 0.3 is 0 Å². The molecule has 1 unspecified atom stereocenters. The van der Waals surface area contributed by atoms with Gasteiger partial charge in [0.25, 0.3) is 0 Å². The molecule has 1 atom stereocenters. The molecule has 152 valence electrons. The Labute approximate surface area is 162 Å². The highest BCUT2D eigenvalue weighted by Gasteiger charge is 2.29. The van der Waals surface area contributed by atoms with Crippen LogP contribution >= 0.6 is 0 Å². The number of hydrogen-bond donors (Lipinski definition) is 1. The lowest BCUT2D eigenvalue weighted by molar-refractivity contribution is 0.275. The van der Waals surface area contributed by atoms with E-state index in [2.05, 4.69) is 47.8 Å². The minimum atomic E-state index is 0.850. The molecule has 0 radical (unpaired) electrons. The normalized spacial score (nSPS) is 23.7. The van der Waals surface area contributed by atoms with Gasteiger partial charge in [-0.3, -0.25) is 4.99 Å². The van der Waals surface area contributed by atoms with E-state index in [9.17, 15) is 0 Å². The van der Waals surface area contributed by atoms with E-state index in [0.717, 1.165) is 30.9 Å². The number of nitrogens with one attached hydrogen (secondary N) is 1. The molecule has 0 spiro atoms. The van der Waals surface area contributed by atoms with Crippen molar-refractivity contribution < 1.29 is 0 Å². The summed E-state index contributed by atoms with van der Waals surface area (Å²) in [6.45, 7) is 17.2. The van der Waals surface area contributed by atoms with Crippen LogP contribution in [-0.4, -0.2) is 86.6 Å². The second kappa shape index (κ2) is 11.8. The number of aliphatic imine (C=N–C) groups is 1. The predicted molar refractivity (Wildman–Crippen MR) is 113 cm³/mol. The monoisotopic (exact) mass is 365 g/mol. The summed E-state index contributed by atoms with van der Waals surface area (Å²) in [4.78, 5) is 12.5. The van der Waals surface area contributed by atoms with Crippen molar-refractivity contribution in [3.63, 3.8) is 0 Å². The van der Waals surface area contributed by atoms with E-state index in [0.29, 0.717) is 0 Å². The van der Waals surface area contributed by atoms with Crippen molar-refractivity contribution in [3.05, 3.63) is 0 Å². The molecule has 0 aromatic rings. The topological polar surface area (TPSA) is 34.1 Å². The summed E-state index contributed by atoms with van der Waals surface area (Å²) < 4.78 is 0. The molecule has 0 bridgehead atoms. The standard InChI is InChI=1S/C21H43N5/c1-5-19(6-2)20-10-15-26(18-20)21(22-7-3)23-11-8-13-25-14-9-12-24(4)16-17-25/h19-20H,5-18H2,1-4H3,(H,22,23). The van der Waals surface area contributed by atoms with E-state index in [1.54, 1.807) is 0 Å². The lowest BCUT2D eigenvalue weighted by atomic mass is 9.87. The van der Waals surface area contributed by atoms with Crippen molar-refractivity contribution >= 4 is 5.96 Å². The largest absolute Gasteiger partial charge is 0.357 e. The number of nitrogens with zero attached hydrogens (tertiary/aromatic N) is 4. The smallest absolute Gasteiger partial charge is 0.193 e. The SMILES string of the molecule is CCNC(=NCCCN1CCCN(C)CC1)N1CCC(C(CC)CC)C1. The van der Waals surface area contributed by atoms with Crippen LogP contribution in [0.15, 0.2) is 4.99 Å². The fourth-order valence-corrected chi connectivity index (χ4v) is 4.55. The number of likely N-dealkylation sites (N-methyl/N-ethyl adjacent to an activating group) is 1. The molecule has 1 N–H and O–H groups in total. The molecule has 5 nitrogen and oxygen atoms in total. The lowest BCUT2D eigenvalue weighted by Crippen LogP contribution is -2.40. The first-order valence-electron chi connectivity index (χ1n) is 11.1. The van der Waals surface area contributed by atoms with Gasteiger partial charge in [-0.05, 0) is 64.7 Å². The Morgan fingerprint density at radius 3 is 2.62 bits per heavy atom. The molecule has 26 heavy (non-hydrogen) atoms. The summed E-state index contributed by atoms with van der Waals surface area (Å²) in [5, 5.41) is 3.53. The molecule has 2 fully saturated rings. The van der Waals surface area contributed by atoms with Crippen LogP contribution in [0.25, 0.3) is 0 Å². The Balaban J connectivity index is 1.77.